The van der Waals surface area contributed by atoms with Crippen LogP contribution in [0.25, 0.3) is 49.8 Å². The molecule has 0 N–H and O–H groups in total. The van der Waals surface area contributed by atoms with E-state index >= 15 is 0 Å². The number of anilines is 4. The van der Waals surface area contributed by atoms with Gasteiger partial charge in [0, 0.05) is 46.1 Å². The fourth-order valence-electron chi connectivity index (χ4n) is 7.76. The highest BCUT2D eigenvalue weighted by Crippen LogP contribution is 2.52. The molecule has 0 spiro atoms. The van der Waals surface area contributed by atoms with Gasteiger partial charge in [0.1, 0.15) is 18.2 Å². The van der Waals surface area contributed by atoms with Gasteiger partial charge in [-0.15, -0.1) is 0 Å². The Hall–Kier alpha value is -7.37. The van der Waals surface area contributed by atoms with E-state index in [0.29, 0.717) is 6.67 Å². The molecular weight excluding hydrogens is 673 g/mol. The molecule has 1 aliphatic heterocycles. The maximum atomic E-state index is 6.57. The number of hydrogen-bond acceptors (Lipinski definition) is 4. The van der Waals surface area contributed by atoms with E-state index < -0.39 is 0 Å². The van der Waals surface area contributed by atoms with E-state index in [1.54, 1.807) is 0 Å². The second kappa shape index (κ2) is 13.9. The van der Waals surface area contributed by atoms with Crippen molar-refractivity contribution in [3.05, 3.63) is 207 Å². The van der Waals surface area contributed by atoms with E-state index in [1.165, 1.54) is 44.4 Å². The second-order valence-corrected chi connectivity index (χ2v) is 13.7. The van der Waals surface area contributed by atoms with Crippen LogP contribution in [-0.2, 0) is 0 Å². The summed E-state index contributed by atoms with van der Waals surface area (Å²) >= 11 is 0. The van der Waals surface area contributed by atoms with Gasteiger partial charge in [0.25, 0.3) is 0 Å². The van der Waals surface area contributed by atoms with Crippen LogP contribution in [0.2, 0.25) is 0 Å². The van der Waals surface area contributed by atoms with Gasteiger partial charge >= 0.3 is 0 Å². The van der Waals surface area contributed by atoms with E-state index in [2.05, 4.69) is 167 Å². The molecule has 0 aliphatic carbocycles. The summed E-state index contributed by atoms with van der Waals surface area (Å²) in [4.78, 5) is 4.91. The first-order chi connectivity index (χ1) is 27.3. The molecule has 0 unspecified atom stereocenters. The Balaban J connectivity index is 1.04. The molecule has 0 amide bonds. The van der Waals surface area contributed by atoms with Gasteiger partial charge in [0.05, 0.1) is 28.9 Å². The normalized spacial score (nSPS) is 12.2. The SMILES string of the molecule is c1ccc(-c2cnn(-c3cccc(Oc4cccc(N5CN(c6c(-c7ccccc7)cccc6-c6ccccc6)c6c5ccc5ccccc65)c4)c3)c2)cc1. The van der Waals surface area contributed by atoms with Crippen LogP contribution in [0.15, 0.2) is 207 Å². The van der Waals surface area contributed by atoms with E-state index in [0.717, 1.165) is 39.7 Å². The summed E-state index contributed by atoms with van der Waals surface area (Å²) in [6.45, 7) is 0.620. The first-order valence-electron chi connectivity index (χ1n) is 18.6. The number of aromatic nitrogens is 2. The molecule has 8 aromatic carbocycles. The maximum absolute atomic E-state index is 6.57. The number of fused-ring (bicyclic) bond motifs is 3. The van der Waals surface area contributed by atoms with Gasteiger partial charge in [0.2, 0.25) is 0 Å². The van der Waals surface area contributed by atoms with Crippen molar-refractivity contribution >= 4 is 33.5 Å². The van der Waals surface area contributed by atoms with Crippen molar-refractivity contribution < 1.29 is 4.74 Å². The third-order valence-corrected chi connectivity index (χ3v) is 10.3. The fraction of sp³-hybridized carbons (Fsp3) is 0.0200. The van der Waals surface area contributed by atoms with E-state index in [-0.39, 0.29) is 0 Å². The van der Waals surface area contributed by atoms with Crippen LogP contribution >= 0.6 is 0 Å². The van der Waals surface area contributed by atoms with Crippen LogP contribution in [0.5, 0.6) is 11.5 Å². The fourth-order valence-corrected chi connectivity index (χ4v) is 7.76. The topological polar surface area (TPSA) is 33.5 Å². The van der Waals surface area contributed by atoms with Crippen LogP contribution in [0, 0.1) is 0 Å². The van der Waals surface area contributed by atoms with Gasteiger partial charge in [-0.3, -0.25) is 0 Å². The summed E-state index contributed by atoms with van der Waals surface area (Å²) in [7, 11) is 0. The Morgan fingerprint density at radius 1 is 0.436 bits per heavy atom. The highest BCUT2D eigenvalue weighted by Gasteiger charge is 2.33. The molecule has 5 nitrogen and oxygen atoms in total. The molecule has 2 heterocycles. The average molecular weight is 709 g/mol. The Kier molecular flexibility index (Phi) is 8.15. The minimum Gasteiger partial charge on any atom is -0.457 e. The number of ether oxygens (including phenoxy) is 1. The summed E-state index contributed by atoms with van der Waals surface area (Å²) in [5.41, 5.74) is 12.4. The van der Waals surface area contributed by atoms with Crippen molar-refractivity contribution in [3.63, 3.8) is 0 Å². The lowest BCUT2D eigenvalue weighted by Crippen LogP contribution is -2.25. The minimum atomic E-state index is 0.620. The molecule has 1 aliphatic rings. The lowest BCUT2D eigenvalue weighted by molar-refractivity contribution is 0.482. The molecule has 0 fully saturated rings. The highest BCUT2D eigenvalue weighted by atomic mass is 16.5. The molecule has 0 atom stereocenters. The first kappa shape index (κ1) is 32.3. The van der Waals surface area contributed by atoms with Gasteiger partial charge in [-0.2, -0.15) is 5.10 Å². The molecule has 9 aromatic rings. The Morgan fingerprint density at radius 3 is 1.71 bits per heavy atom. The quantitative estimate of drug-likeness (QED) is 0.157. The molecule has 10 rings (SSSR count). The number of para-hydroxylation sites is 1. The van der Waals surface area contributed by atoms with Crippen molar-refractivity contribution in [2.45, 2.75) is 0 Å². The molecule has 0 saturated carbocycles. The van der Waals surface area contributed by atoms with Crippen molar-refractivity contribution in [2.75, 3.05) is 16.5 Å². The van der Waals surface area contributed by atoms with Crippen molar-refractivity contribution in [1.82, 2.24) is 9.78 Å². The smallest absolute Gasteiger partial charge is 0.129 e. The summed E-state index contributed by atoms with van der Waals surface area (Å²) < 4.78 is 8.47. The third kappa shape index (κ3) is 6.08. The van der Waals surface area contributed by atoms with Gasteiger partial charge in [0.15, 0.2) is 0 Å². The molecule has 5 heteroatoms. The lowest BCUT2D eigenvalue weighted by Gasteiger charge is -2.27. The van der Waals surface area contributed by atoms with Gasteiger partial charge in [-0.1, -0.05) is 152 Å². The molecule has 0 bridgehead atoms. The number of hydrogen-bond donors (Lipinski definition) is 0. The van der Waals surface area contributed by atoms with Gasteiger partial charge < -0.3 is 14.5 Å². The minimum absolute atomic E-state index is 0.620. The van der Waals surface area contributed by atoms with Crippen LogP contribution in [0.1, 0.15) is 0 Å². The molecule has 0 saturated heterocycles. The molecule has 0 radical (unpaired) electrons. The number of benzene rings is 8. The standard InChI is InChI=1S/C50H36N4O/c1-4-15-36(16-5-1)40-33-51-54(34-40)42-23-13-25-44(32-42)55-43-24-12-22-41(31-43)52-35-53(50-47-26-11-10-21-39(47)29-30-48(50)52)49-45(37-17-6-2-7-18-37)27-14-28-46(49)38-19-8-3-9-20-38/h1-34H,35H2. The molecule has 1 aromatic heterocycles. The summed E-state index contributed by atoms with van der Waals surface area (Å²) in [5, 5.41) is 7.07. The maximum Gasteiger partial charge on any atom is 0.129 e. The monoisotopic (exact) mass is 708 g/mol. The first-order valence-corrected chi connectivity index (χ1v) is 18.6. The molecule has 55 heavy (non-hydrogen) atoms. The van der Waals surface area contributed by atoms with E-state index in [4.69, 9.17) is 4.74 Å². The zero-order valence-corrected chi connectivity index (χ0v) is 30.0. The van der Waals surface area contributed by atoms with Crippen LogP contribution in [0.3, 0.4) is 0 Å². The lowest BCUT2D eigenvalue weighted by atomic mass is 9.94. The van der Waals surface area contributed by atoms with E-state index in [9.17, 15) is 0 Å². The second-order valence-electron chi connectivity index (χ2n) is 13.7. The largest absolute Gasteiger partial charge is 0.457 e. The van der Waals surface area contributed by atoms with Crippen molar-refractivity contribution in [2.24, 2.45) is 0 Å². The summed E-state index contributed by atoms with van der Waals surface area (Å²) in [6, 6.07) is 68.1. The predicted molar refractivity (Wildman–Crippen MR) is 226 cm³/mol. The zero-order valence-electron chi connectivity index (χ0n) is 30.0. The van der Waals surface area contributed by atoms with Gasteiger partial charge in [-0.25, -0.2) is 4.68 Å². The zero-order chi connectivity index (χ0) is 36.6. The Morgan fingerprint density at radius 2 is 1.02 bits per heavy atom. The number of rotatable bonds is 8. The van der Waals surface area contributed by atoms with Crippen LogP contribution in [-0.4, -0.2) is 16.4 Å². The van der Waals surface area contributed by atoms with Crippen molar-refractivity contribution in [1.29, 1.82) is 0 Å². The Bertz CT molecular complexity index is 2720. The third-order valence-electron chi connectivity index (χ3n) is 10.3. The van der Waals surface area contributed by atoms with Crippen molar-refractivity contribution in [3.8, 4) is 50.6 Å². The molecule has 262 valence electrons. The summed E-state index contributed by atoms with van der Waals surface area (Å²) in [5.74, 6) is 1.50. The highest BCUT2D eigenvalue weighted by molar-refractivity contribution is 6.09. The van der Waals surface area contributed by atoms with E-state index in [1.807, 2.05) is 59.4 Å². The van der Waals surface area contributed by atoms with Gasteiger partial charge in [-0.05, 0) is 52.4 Å². The number of nitrogens with zero attached hydrogens (tertiary/aromatic N) is 4. The molecular formula is C50H36N4O. The average Bonchev–Trinajstić information content (AvgIpc) is 3.91. The van der Waals surface area contributed by atoms with Crippen LogP contribution < -0.4 is 14.5 Å². The predicted octanol–water partition coefficient (Wildman–Crippen LogP) is 13.1. The van der Waals surface area contributed by atoms with Crippen LogP contribution in [0.4, 0.5) is 22.7 Å². The Labute approximate surface area is 320 Å². The summed E-state index contributed by atoms with van der Waals surface area (Å²) in [6.07, 6.45) is 3.95.